The number of carbonyl (C=O) groups is 2. The molecule has 0 spiro atoms. The largest absolute Gasteiger partial charge is 0.277 e. The van der Waals surface area contributed by atoms with Crippen molar-refractivity contribution in [2.24, 2.45) is 0 Å². The van der Waals surface area contributed by atoms with Gasteiger partial charge >= 0.3 is 0 Å². The van der Waals surface area contributed by atoms with Gasteiger partial charge in [0.2, 0.25) is 0 Å². The van der Waals surface area contributed by atoms with Gasteiger partial charge in [0, 0.05) is 11.9 Å². The van der Waals surface area contributed by atoms with E-state index in [0.29, 0.717) is 10.1 Å². The molecular weight excluding hydrogens is 266 g/mol. The third-order valence-corrected chi connectivity index (χ3v) is 3.62. The minimum absolute atomic E-state index is 0.246. The molecule has 1 aliphatic rings. The summed E-state index contributed by atoms with van der Waals surface area (Å²) in [5, 5.41) is 1.87. The maximum Gasteiger partial charge on any atom is 0.268 e. The lowest BCUT2D eigenvalue weighted by Crippen LogP contribution is -2.26. The Labute approximate surface area is 93.2 Å². The van der Waals surface area contributed by atoms with Crippen LogP contribution < -0.4 is 0 Å². The molecular formula is C9H6BrNO2S. The van der Waals surface area contributed by atoms with Crippen molar-refractivity contribution >= 4 is 44.7 Å². The van der Waals surface area contributed by atoms with Gasteiger partial charge in [0.1, 0.15) is 0 Å². The van der Waals surface area contributed by atoms with Gasteiger partial charge in [0.05, 0.1) is 10.1 Å². The van der Waals surface area contributed by atoms with E-state index in [-0.39, 0.29) is 11.8 Å². The highest BCUT2D eigenvalue weighted by atomic mass is 79.9. The molecule has 1 aromatic rings. The molecule has 14 heavy (non-hydrogen) atoms. The van der Waals surface area contributed by atoms with Crippen LogP contribution in [-0.2, 0) is 9.59 Å². The highest BCUT2D eigenvalue weighted by Crippen LogP contribution is 2.33. The molecule has 1 aliphatic heterocycles. The number of halogens is 1. The van der Waals surface area contributed by atoms with Gasteiger partial charge in [-0.05, 0) is 27.4 Å². The quantitative estimate of drug-likeness (QED) is 0.732. The van der Waals surface area contributed by atoms with Gasteiger partial charge in [0.25, 0.3) is 11.8 Å². The topological polar surface area (TPSA) is 37.4 Å². The second kappa shape index (κ2) is 3.33. The average Bonchev–Trinajstić information content (AvgIpc) is 2.73. The van der Waals surface area contributed by atoms with E-state index in [9.17, 15) is 9.59 Å². The van der Waals surface area contributed by atoms with E-state index >= 15 is 0 Å². The van der Waals surface area contributed by atoms with Crippen molar-refractivity contribution in [2.75, 3.05) is 7.05 Å². The fourth-order valence-electron chi connectivity index (χ4n) is 1.24. The number of thiophene rings is 1. The Morgan fingerprint density at radius 1 is 1.36 bits per heavy atom. The zero-order valence-corrected chi connectivity index (χ0v) is 9.68. The number of carbonyl (C=O) groups excluding carboxylic acids is 2. The number of likely N-dealkylation sites (N-methyl/N-ethyl adjacent to an activating group) is 1. The molecule has 3 nitrogen and oxygen atoms in total. The lowest BCUT2D eigenvalue weighted by molar-refractivity contribution is -0.134. The van der Waals surface area contributed by atoms with Crippen molar-refractivity contribution in [3.63, 3.8) is 0 Å². The zero-order chi connectivity index (χ0) is 10.3. The Balaban J connectivity index is 2.55. The predicted octanol–water partition coefficient (Wildman–Crippen LogP) is 1.85. The molecule has 0 saturated heterocycles. The minimum Gasteiger partial charge on any atom is -0.277 e. The zero-order valence-electron chi connectivity index (χ0n) is 7.28. The van der Waals surface area contributed by atoms with Crippen LogP contribution in [0, 0.1) is 0 Å². The molecule has 0 atom stereocenters. The van der Waals surface area contributed by atoms with Gasteiger partial charge in [-0.2, -0.15) is 0 Å². The summed E-state index contributed by atoms with van der Waals surface area (Å²) in [6.45, 7) is 0. The Morgan fingerprint density at radius 3 is 2.50 bits per heavy atom. The molecule has 2 heterocycles. The smallest absolute Gasteiger partial charge is 0.268 e. The summed E-state index contributed by atoms with van der Waals surface area (Å²) >= 11 is 4.59. The van der Waals surface area contributed by atoms with Gasteiger partial charge in [-0.15, -0.1) is 11.3 Å². The van der Waals surface area contributed by atoms with Crippen molar-refractivity contribution in [1.82, 2.24) is 4.90 Å². The van der Waals surface area contributed by atoms with Crippen molar-refractivity contribution in [3.05, 3.63) is 26.9 Å². The normalized spacial score (nSPS) is 17.1. The van der Waals surface area contributed by atoms with E-state index in [1.807, 2.05) is 17.5 Å². The molecule has 0 fully saturated rings. The first kappa shape index (κ1) is 9.61. The fraction of sp³-hybridized carbons (Fsp3) is 0.111. The molecule has 0 bridgehead atoms. The summed E-state index contributed by atoms with van der Waals surface area (Å²) in [6.07, 6.45) is 0. The van der Waals surface area contributed by atoms with Crippen LogP contribution in [0.5, 0.6) is 0 Å². The summed E-state index contributed by atoms with van der Waals surface area (Å²) in [5.74, 6) is -0.525. The van der Waals surface area contributed by atoms with Gasteiger partial charge in [-0.1, -0.05) is 6.07 Å². The molecule has 2 rings (SSSR count). The molecule has 0 radical (unpaired) electrons. The Hall–Kier alpha value is -0.940. The van der Waals surface area contributed by atoms with E-state index < -0.39 is 0 Å². The minimum atomic E-state index is -0.279. The number of hydrogen-bond donors (Lipinski definition) is 0. The molecule has 0 N–H and O–H groups in total. The van der Waals surface area contributed by atoms with Crippen LogP contribution in [0.15, 0.2) is 22.0 Å². The molecule has 1 aromatic heterocycles. The van der Waals surface area contributed by atoms with E-state index in [4.69, 9.17) is 0 Å². The summed E-state index contributed by atoms with van der Waals surface area (Å²) in [7, 11) is 1.48. The fourth-order valence-corrected chi connectivity index (χ4v) is 2.79. The molecule has 72 valence electrons. The van der Waals surface area contributed by atoms with Crippen LogP contribution in [-0.4, -0.2) is 23.8 Å². The molecule has 2 amide bonds. The highest BCUT2D eigenvalue weighted by Gasteiger charge is 2.35. The maximum absolute atomic E-state index is 11.6. The highest BCUT2D eigenvalue weighted by molar-refractivity contribution is 9.12. The lowest BCUT2D eigenvalue weighted by Gasteiger charge is -2.04. The van der Waals surface area contributed by atoms with E-state index in [2.05, 4.69) is 15.9 Å². The van der Waals surface area contributed by atoms with Gasteiger partial charge < -0.3 is 0 Å². The molecule has 0 aromatic carbocycles. The van der Waals surface area contributed by atoms with Crippen molar-refractivity contribution in [1.29, 1.82) is 0 Å². The van der Waals surface area contributed by atoms with E-state index in [0.717, 1.165) is 9.78 Å². The summed E-state index contributed by atoms with van der Waals surface area (Å²) < 4.78 is 0.354. The van der Waals surface area contributed by atoms with Crippen LogP contribution in [0.2, 0.25) is 0 Å². The van der Waals surface area contributed by atoms with Crippen molar-refractivity contribution < 1.29 is 9.59 Å². The molecule has 0 aliphatic carbocycles. The summed E-state index contributed by atoms with van der Waals surface area (Å²) in [4.78, 5) is 25.0. The van der Waals surface area contributed by atoms with Crippen LogP contribution >= 0.6 is 27.3 Å². The van der Waals surface area contributed by atoms with Gasteiger partial charge in [-0.25, -0.2) is 0 Å². The third kappa shape index (κ3) is 1.24. The van der Waals surface area contributed by atoms with Crippen molar-refractivity contribution in [3.8, 4) is 0 Å². The Morgan fingerprint density at radius 2 is 2.07 bits per heavy atom. The number of rotatable bonds is 1. The second-order valence-electron chi connectivity index (χ2n) is 2.84. The van der Waals surface area contributed by atoms with E-state index in [1.54, 1.807) is 0 Å². The Bertz CT molecular complexity index is 436. The third-order valence-electron chi connectivity index (χ3n) is 2.00. The van der Waals surface area contributed by atoms with Gasteiger partial charge in [-0.3, -0.25) is 14.5 Å². The second-order valence-corrected chi connectivity index (χ2v) is 4.58. The van der Waals surface area contributed by atoms with Crippen molar-refractivity contribution in [2.45, 2.75) is 0 Å². The number of hydrogen-bond acceptors (Lipinski definition) is 3. The molecule has 0 unspecified atom stereocenters. The van der Waals surface area contributed by atoms with Crippen LogP contribution in [0.25, 0.3) is 5.57 Å². The lowest BCUT2D eigenvalue weighted by atomic mass is 10.2. The average molecular weight is 272 g/mol. The number of imide groups is 1. The van der Waals surface area contributed by atoms with Gasteiger partial charge in [0.15, 0.2) is 0 Å². The first-order chi connectivity index (χ1) is 6.63. The number of amides is 2. The van der Waals surface area contributed by atoms with Crippen LogP contribution in [0.4, 0.5) is 0 Å². The first-order valence-electron chi connectivity index (χ1n) is 3.89. The van der Waals surface area contributed by atoms with Crippen LogP contribution in [0.1, 0.15) is 4.88 Å². The SMILES string of the molecule is CN1C(=O)C(Br)=C(c2cccs2)C1=O. The van der Waals surface area contributed by atoms with E-state index in [1.165, 1.54) is 18.4 Å². The van der Waals surface area contributed by atoms with Crippen LogP contribution in [0.3, 0.4) is 0 Å². The molecule has 0 saturated carbocycles. The molecule has 5 heteroatoms. The predicted molar refractivity (Wildman–Crippen MR) is 57.9 cm³/mol. The Kier molecular flexibility index (Phi) is 2.28. The summed E-state index contributed by atoms with van der Waals surface area (Å²) in [6, 6.07) is 3.68. The number of nitrogens with zero attached hydrogens (tertiary/aromatic N) is 1. The monoisotopic (exact) mass is 271 g/mol. The summed E-state index contributed by atoms with van der Waals surface area (Å²) in [5.41, 5.74) is 0.465. The first-order valence-corrected chi connectivity index (χ1v) is 5.56. The maximum atomic E-state index is 11.6. The standard InChI is InChI=1S/C9H6BrNO2S/c1-11-8(12)6(7(10)9(11)13)5-3-2-4-14-5/h2-4H,1H3.